The molecule has 0 amide bonds. The average molecular weight is 300 g/mol. The fourth-order valence-electron chi connectivity index (χ4n) is 1.94. The van der Waals surface area contributed by atoms with Gasteiger partial charge in [-0.3, -0.25) is 0 Å². The minimum absolute atomic E-state index is 0.139. The van der Waals surface area contributed by atoms with Gasteiger partial charge in [-0.1, -0.05) is 11.6 Å². The van der Waals surface area contributed by atoms with Crippen LogP contribution >= 0.6 is 11.6 Å². The van der Waals surface area contributed by atoms with Gasteiger partial charge >= 0.3 is 0 Å². The molecular weight excluding hydrogens is 290 g/mol. The number of hydrogen-bond donors (Lipinski definition) is 0. The van der Waals surface area contributed by atoms with Gasteiger partial charge in [0.1, 0.15) is 17.3 Å². The molecule has 0 saturated heterocycles. The van der Waals surface area contributed by atoms with Gasteiger partial charge < -0.3 is 4.57 Å². The second-order valence-electron chi connectivity index (χ2n) is 4.09. The molecule has 1 aliphatic rings. The lowest BCUT2D eigenvalue weighted by Crippen LogP contribution is -2.38. The standard InChI is InChI=1S/C10H10ClN5O2S/c11-9-5-8(1-2-12-9)19(17,18)16-4-3-15-7-13-14-10(15)6-16/h1-2,5,7H,3-4,6H2. The lowest BCUT2D eigenvalue weighted by Gasteiger charge is -2.26. The Kier molecular flexibility index (Phi) is 3.00. The molecule has 0 fully saturated rings. The topological polar surface area (TPSA) is 81.0 Å². The van der Waals surface area contributed by atoms with Crippen LogP contribution in [0.15, 0.2) is 29.6 Å². The van der Waals surface area contributed by atoms with Crippen LogP contribution in [0.25, 0.3) is 0 Å². The lowest BCUT2D eigenvalue weighted by atomic mass is 10.4. The van der Waals surface area contributed by atoms with E-state index in [1.165, 1.54) is 22.6 Å². The van der Waals surface area contributed by atoms with Gasteiger partial charge in [-0.15, -0.1) is 10.2 Å². The summed E-state index contributed by atoms with van der Waals surface area (Å²) in [6, 6.07) is 2.77. The first-order chi connectivity index (χ1) is 9.07. The third-order valence-electron chi connectivity index (χ3n) is 2.94. The summed E-state index contributed by atoms with van der Waals surface area (Å²) in [5.74, 6) is 0.634. The van der Waals surface area contributed by atoms with Crippen molar-refractivity contribution in [1.29, 1.82) is 0 Å². The van der Waals surface area contributed by atoms with Crippen molar-refractivity contribution in [2.45, 2.75) is 18.0 Å². The van der Waals surface area contributed by atoms with Crippen molar-refractivity contribution in [3.63, 3.8) is 0 Å². The number of aromatic nitrogens is 4. The fourth-order valence-corrected chi connectivity index (χ4v) is 3.58. The second-order valence-corrected chi connectivity index (χ2v) is 6.42. The molecule has 7 nitrogen and oxygen atoms in total. The molecule has 0 aliphatic carbocycles. The van der Waals surface area contributed by atoms with Gasteiger partial charge in [0, 0.05) is 19.3 Å². The van der Waals surface area contributed by atoms with E-state index in [9.17, 15) is 8.42 Å². The smallest absolute Gasteiger partial charge is 0.243 e. The number of sulfonamides is 1. The number of fused-ring (bicyclic) bond motifs is 1. The molecule has 19 heavy (non-hydrogen) atoms. The highest BCUT2D eigenvalue weighted by Gasteiger charge is 2.29. The van der Waals surface area contributed by atoms with Crippen LogP contribution in [0.4, 0.5) is 0 Å². The Bertz CT molecular complexity index is 714. The van der Waals surface area contributed by atoms with E-state index in [1.807, 2.05) is 4.57 Å². The van der Waals surface area contributed by atoms with Gasteiger partial charge in [0.25, 0.3) is 0 Å². The Morgan fingerprint density at radius 3 is 2.95 bits per heavy atom. The number of hydrogen-bond acceptors (Lipinski definition) is 5. The maximum absolute atomic E-state index is 12.5. The number of pyridine rings is 1. The zero-order valence-electron chi connectivity index (χ0n) is 9.77. The number of halogens is 1. The van der Waals surface area contributed by atoms with Crippen LogP contribution in [0.1, 0.15) is 5.82 Å². The Balaban J connectivity index is 1.94. The van der Waals surface area contributed by atoms with Crippen LogP contribution in [0.3, 0.4) is 0 Å². The minimum Gasteiger partial charge on any atom is -0.315 e. The molecule has 3 heterocycles. The first-order valence-electron chi connectivity index (χ1n) is 5.56. The predicted molar refractivity (Wildman–Crippen MR) is 66.9 cm³/mol. The molecule has 3 rings (SSSR count). The van der Waals surface area contributed by atoms with Crippen LogP contribution in [0.5, 0.6) is 0 Å². The van der Waals surface area contributed by atoms with Gasteiger partial charge in [0.2, 0.25) is 10.0 Å². The van der Waals surface area contributed by atoms with Crippen LogP contribution in [0, 0.1) is 0 Å². The van der Waals surface area contributed by atoms with Crippen molar-refractivity contribution < 1.29 is 8.42 Å². The third-order valence-corrected chi connectivity index (χ3v) is 4.99. The molecule has 0 unspecified atom stereocenters. The molecule has 0 spiro atoms. The quantitative estimate of drug-likeness (QED) is 0.756. The normalized spacial score (nSPS) is 16.3. The SMILES string of the molecule is O=S(=O)(c1ccnc(Cl)c1)N1CCn2cnnc2C1. The Hall–Kier alpha value is -1.51. The summed E-state index contributed by atoms with van der Waals surface area (Å²) in [4.78, 5) is 3.92. The molecule has 2 aromatic rings. The van der Waals surface area contributed by atoms with Crippen LogP contribution in [0.2, 0.25) is 5.15 Å². The van der Waals surface area contributed by atoms with E-state index in [-0.39, 0.29) is 16.6 Å². The van der Waals surface area contributed by atoms with Crippen molar-refractivity contribution in [3.05, 3.63) is 35.6 Å². The maximum atomic E-state index is 12.5. The molecule has 100 valence electrons. The first-order valence-corrected chi connectivity index (χ1v) is 7.37. The summed E-state index contributed by atoms with van der Waals surface area (Å²) >= 11 is 5.73. The Morgan fingerprint density at radius 1 is 1.32 bits per heavy atom. The first kappa shape index (κ1) is 12.5. The van der Waals surface area contributed by atoms with E-state index >= 15 is 0 Å². The summed E-state index contributed by atoms with van der Waals surface area (Å²) in [6.45, 7) is 1.13. The van der Waals surface area contributed by atoms with Crippen molar-refractivity contribution >= 4 is 21.6 Å². The van der Waals surface area contributed by atoms with E-state index in [4.69, 9.17) is 11.6 Å². The largest absolute Gasteiger partial charge is 0.315 e. The summed E-state index contributed by atoms with van der Waals surface area (Å²) in [7, 11) is -3.58. The summed E-state index contributed by atoms with van der Waals surface area (Å²) in [5.41, 5.74) is 0. The Morgan fingerprint density at radius 2 is 2.16 bits per heavy atom. The van der Waals surface area contributed by atoms with Crippen LogP contribution in [-0.4, -0.2) is 39.0 Å². The van der Waals surface area contributed by atoms with Gasteiger partial charge in [-0.25, -0.2) is 13.4 Å². The Labute approximate surface area is 114 Å². The van der Waals surface area contributed by atoms with Crippen LogP contribution in [-0.2, 0) is 23.1 Å². The van der Waals surface area contributed by atoms with E-state index in [0.29, 0.717) is 18.9 Å². The highest BCUT2D eigenvalue weighted by atomic mass is 35.5. The molecule has 0 aromatic carbocycles. The zero-order valence-corrected chi connectivity index (χ0v) is 11.3. The highest BCUT2D eigenvalue weighted by molar-refractivity contribution is 7.89. The van der Waals surface area contributed by atoms with Gasteiger partial charge in [0.15, 0.2) is 0 Å². The average Bonchev–Trinajstić information content (AvgIpc) is 2.85. The molecule has 0 atom stereocenters. The van der Waals surface area contributed by atoms with Gasteiger partial charge in [-0.2, -0.15) is 4.31 Å². The maximum Gasteiger partial charge on any atom is 0.243 e. The molecule has 0 bridgehead atoms. The molecule has 9 heteroatoms. The van der Waals surface area contributed by atoms with Crippen LogP contribution < -0.4 is 0 Å². The van der Waals surface area contributed by atoms with Crippen molar-refractivity contribution in [2.75, 3.05) is 6.54 Å². The second kappa shape index (κ2) is 4.55. The van der Waals surface area contributed by atoms with Gasteiger partial charge in [-0.05, 0) is 12.1 Å². The monoisotopic (exact) mass is 299 g/mol. The predicted octanol–water partition coefficient (Wildman–Crippen LogP) is 0.531. The zero-order chi connectivity index (χ0) is 13.5. The van der Waals surface area contributed by atoms with Crippen molar-refractivity contribution in [3.8, 4) is 0 Å². The molecule has 0 N–H and O–H groups in total. The summed E-state index contributed by atoms with van der Waals surface area (Å²) < 4.78 is 28.1. The molecule has 1 aliphatic heterocycles. The molecule has 0 radical (unpaired) electrons. The summed E-state index contributed by atoms with van der Waals surface area (Å²) in [5, 5.41) is 7.82. The van der Waals surface area contributed by atoms with E-state index < -0.39 is 10.0 Å². The number of rotatable bonds is 2. The van der Waals surface area contributed by atoms with Crippen molar-refractivity contribution in [2.24, 2.45) is 0 Å². The van der Waals surface area contributed by atoms with E-state index in [0.717, 1.165) is 0 Å². The van der Waals surface area contributed by atoms with Crippen molar-refractivity contribution in [1.82, 2.24) is 24.1 Å². The van der Waals surface area contributed by atoms with Gasteiger partial charge in [0.05, 0.1) is 11.4 Å². The fraction of sp³-hybridized carbons (Fsp3) is 0.300. The highest BCUT2D eigenvalue weighted by Crippen LogP contribution is 2.21. The molecule has 2 aromatic heterocycles. The van der Waals surface area contributed by atoms with E-state index in [1.54, 1.807) is 6.33 Å². The number of nitrogens with zero attached hydrogens (tertiary/aromatic N) is 5. The third kappa shape index (κ3) is 2.22. The lowest BCUT2D eigenvalue weighted by molar-refractivity contribution is 0.335. The molecule has 0 saturated carbocycles. The molecular formula is C10H10ClN5O2S. The minimum atomic E-state index is -3.58. The summed E-state index contributed by atoms with van der Waals surface area (Å²) in [6.07, 6.45) is 2.98. The van der Waals surface area contributed by atoms with E-state index in [2.05, 4.69) is 15.2 Å².